The summed E-state index contributed by atoms with van der Waals surface area (Å²) in [6, 6.07) is 0.249. The molecule has 2 aromatic heterocycles. The molecule has 2 aromatic rings. The van der Waals surface area contributed by atoms with E-state index in [0.29, 0.717) is 0 Å². The zero-order valence-electron chi connectivity index (χ0n) is 10.6. The van der Waals surface area contributed by atoms with Crippen LogP contribution in [0.4, 0.5) is 0 Å². The fourth-order valence-electron chi connectivity index (χ4n) is 2.20. The highest BCUT2D eigenvalue weighted by atomic mass is 32.1. The summed E-state index contributed by atoms with van der Waals surface area (Å²) >= 11 is 1.59. The number of nitrogens with zero attached hydrogens (tertiary/aromatic N) is 4. The van der Waals surface area contributed by atoms with E-state index >= 15 is 0 Å². The highest BCUT2D eigenvalue weighted by Crippen LogP contribution is 2.29. The quantitative estimate of drug-likeness (QED) is 0.913. The van der Waals surface area contributed by atoms with E-state index in [1.807, 2.05) is 4.52 Å². The monoisotopic (exact) mass is 267 g/mol. The van der Waals surface area contributed by atoms with Crippen LogP contribution in [0.3, 0.4) is 0 Å². The van der Waals surface area contributed by atoms with Crippen molar-refractivity contribution < 1.29 is 4.74 Å². The van der Waals surface area contributed by atoms with Crippen LogP contribution in [0.5, 0.6) is 0 Å². The van der Waals surface area contributed by atoms with E-state index < -0.39 is 0 Å². The lowest BCUT2D eigenvalue weighted by molar-refractivity contribution is 0.103. The van der Waals surface area contributed by atoms with Crippen LogP contribution in [0.2, 0.25) is 0 Å². The average molecular weight is 267 g/mol. The molecular weight excluding hydrogens is 250 g/mol. The summed E-state index contributed by atoms with van der Waals surface area (Å²) in [5.41, 5.74) is 0. The van der Waals surface area contributed by atoms with Crippen LogP contribution >= 0.6 is 11.3 Å². The van der Waals surface area contributed by atoms with Gasteiger partial charge in [0.1, 0.15) is 11.1 Å². The molecule has 0 spiro atoms. The molecule has 0 aliphatic carbocycles. The molecule has 7 heteroatoms. The third-order valence-electron chi connectivity index (χ3n) is 3.13. The Labute approximate surface area is 109 Å². The SMILES string of the molecule is CCNC(C)c1nn2c(C3CCCO3)nnc2s1. The van der Waals surface area contributed by atoms with Gasteiger partial charge in [-0.25, -0.2) is 0 Å². The Hall–Kier alpha value is -1.05. The van der Waals surface area contributed by atoms with Crippen molar-refractivity contribution >= 4 is 16.3 Å². The molecule has 1 N–H and O–H groups in total. The van der Waals surface area contributed by atoms with Crippen molar-refractivity contribution in [2.45, 2.75) is 38.8 Å². The van der Waals surface area contributed by atoms with E-state index in [1.54, 1.807) is 11.3 Å². The molecule has 0 aromatic carbocycles. The zero-order valence-corrected chi connectivity index (χ0v) is 11.4. The fraction of sp³-hybridized carbons (Fsp3) is 0.727. The van der Waals surface area contributed by atoms with Crippen LogP contribution in [-0.2, 0) is 4.74 Å². The molecule has 6 nitrogen and oxygen atoms in total. The number of aromatic nitrogens is 4. The van der Waals surface area contributed by atoms with E-state index in [9.17, 15) is 0 Å². The maximum atomic E-state index is 5.65. The van der Waals surface area contributed by atoms with Crippen molar-refractivity contribution in [3.8, 4) is 0 Å². The molecule has 0 saturated carbocycles. The molecule has 3 heterocycles. The van der Waals surface area contributed by atoms with Crippen LogP contribution < -0.4 is 5.32 Å². The maximum Gasteiger partial charge on any atom is 0.234 e. The van der Waals surface area contributed by atoms with E-state index in [4.69, 9.17) is 4.74 Å². The predicted molar refractivity (Wildman–Crippen MR) is 68.7 cm³/mol. The largest absolute Gasteiger partial charge is 0.370 e. The number of rotatable bonds is 4. The molecule has 18 heavy (non-hydrogen) atoms. The van der Waals surface area contributed by atoms with Crippen molar-refractivity contribution in [3.63, 3.8) is 0 Å². The molecule has 1 aliphatic rings. The van der Waals surface area contributed by atoms with E-state index in [2.05, 4.69) is 34.5 Å². The summed E-state index contributed by atoms with van der Waals surface area (Å²) in [6.45, 7) is 5.94. The Kier molecular flexibility index (Phi) is 3.27. The Morgan fingerprint density at radius 1 is 1.56 bits per heavy atom. The molecule has 1 aliphatic heterocycles. The van der Waals surface area contributed by atoms with Crippen molar-refractivity contribution in [2.24, 2.45) is 0 Å². The van der Waals surface area contributed by atoms with Crippen molar-refractivity contribution in [2.75, 3.05) is 13.2 Å². The van der Waals surface area contributed by atoms with Gasteiger partial charge in [0.05, 0.1) is 6.04 Å². The Morgan fingerprint density at radius 3 is 3.17 bits per heavy atom. The highest BCUT2D eigenvalue weighted by Gasteiger charge is 2.25. The van der Waals surface area contributed by atoms with Gasteiger partial charge in [0, 0.05) is 6.61 Å². The van der Waals surface area contributed by atoms with Gasteiger partial charge in [-0.2, -0.15) is 9.61 Å². The van der Waals surface area contributed by atoms with Crippen molar-refractivity contribution in [1.82, 2.24) is 25.1 Å². The van der Waals surface area contributed by atoms with Crippen LogP contribution in [0, 0.1) is 0 Å². The van der Waals surface area contributed by atoms with Crippen LogP contribution in [0.25, 0.3) is 4.96 Å². The smallest absolute Gasteiger partial charge is 0.234 e. The van der Waals surface area contributed by atoms with E-state index in [1.165, 1.54) is 0 Å². The van der Waals surface area contributed by atoms with Crippen LogP contribution in [0.15, 0.2) is 0 Å². The first kappa shape index (κ1) is 12.0. The van der Waals surface area contributed by atoms with Gasteiger partial charge >= 0.3 is 0 Å². The average Bonchev–Trinajstić information content (AvgIpc) is 3.04. The van der Waals surface area contributed by atoms with Gasteiger partial charge in [-0.05, 0) is 26.3 Å². The number of hydrogen-bond donors (Lipinski definition) is 1. The molecule has 98 valence electrons. The molecular formula is C11H17N5OS. The van der Waals surface area contributed by atoms with Crippen LogP contribution in [0.1, 0.15) is 49.7 Å². The van der Waals surface area contributed by atoms with E-state index in [-0.39, 0.29) is 12.1 Å². The van der Waals surface area contributed by atoms with Gasteiger partial charge in [-0.15, -0.1) is 10.2 Å². The first-order valence-corrected chi connectivity index (χ1v) is 7.18. The molecule has 0 radical (unpaired) electrons. The summed E-state index contributed by atoms with van der Waals surface area (Å²) in [4.78, 5) is 0.847. The summed E-state index contributed by atoms with van der Waals surface area (Å²) in [5.74, 6) is 0.841. The lowest BCUT2D eigenvalue weighted by atomic mass is 10.2. The van der Waals surface area contributed by atoms with Gasteiger partial charge in [-0.3, -0.25) is 0 Å². The number of nitrogens with one attached hydrogen (secondary N) is 1. The molecule has 1 fully saturated rings. The van der Waals surface area contributed by atoms with Gasteiger partial charge < -0.3 is 10.1 Å². The Balaban J connectivity index is 1.92. The van der Waals surface area contributed by atoms with Crippen molar-refractivity contribution in [1.29, 1.82) is 0 Å². The Bertz CT molecular complexity index is 531. The second kappa shape index (κ2) is 4.91. The fourth-order valence-corrected chi connectivity index (χ4v) is 3.07. The van der Waals surface area contributed by atoms with Crippen LogP contribution in [-0.4, -0.2) is 33.0 Å². The molecule has 2 unspecified atom stereocenters. The van der Waals surface area contributed by atoms with E-state index in [0.717, 1.165) is 41.8 Å². The summed E-state index contributed by atoms with van der Waals surface area (Å²) in [5, 5.41) is 17.4. The molecule has 0 bridgehead atoms. The molecule has 2 atom stereocenters. The second-order valence-electron chi connectivity index (χ2n) is 4.47. The maximum absolute atomic E-state index is 5.65. The number of fused-ring (bicyclic) bond motifs is 1. The van der Waals surface area contributed by atoms with Gasteiger partial charge in [0.15, 0.2) is 5.82 Å². The first-order valence-electron chi connectivity index (χ1n) is 6.36. The standard InChI is InChI=1S/C11H17N5OS/c1-3-12-7(2)10-15-16-9(8-5-4-6-17-8)13-14-11(16)18-10/h7-8,12H,3-6H2,1-2H3. The second-order valence-corrected chi connectivity index (χ2v) is 5.46. The minimum Gasteiger partial charge on any atom is -0.370 e. The minimum atomic E-state index is 0.0596. The third-order valence-corrected chi connectivity index (χ3v) is 4.21. The molecule has 3 rings (SSSR count). The Morgan fingerprint density at radius 2 is 2.44 bits per heavy atom. The summed E-state index contributed by atoms with van der Waals surface area (Å²) in [6.07, 6.45) is 2.16. The lowest BCUT2D eigenvalue weighted by Gasteiger charge is -2.07. The molecule has 1 saturated heterocycles. The summed E-state index contributed by atoms with van der Waals surface area (Å²) in [7, 11) is 0. The molecule has 0 amide bonds. The predicted octanol–water partition coefficient (Wildman–Crippen LogP) is 1.71. The number of hydrogen-bond acceptors (Lipinski definition) is 6. The zero-order chi connectivity index (χ0) is 12.5. The lowest BCUT2D eigenvalue weighted by Crippen LogP contribution is -2.17. The normalized spacial score (nSPS) is 21.8. The number of ether oxygens (including phenoxy) is 1. The minimum absolute atomic E-state index is 0.0596. The van der Waals surface area contributed by atoms with Gasteiger partial charge in [-0.1, -0.05) is 18.3 Å². The van der Waals surface area contributed by atoms with Gasteiger partial charge in [0.25, 0.3) is 0 Å². The first-order chi connectivity index (χ1) is 8.79. The van der Waals surface area contributed by atoms with Gasteiger partial charge in [0.2, 0.25) is 4.96 Å². The summed E-state index contributed by atoms with van der Waals surface area (Å²) < 4.78 is 7.49. The van der Waals surface area contributed by atoms with Crippen molar-refractivity contribution in [3.05, 3.63) is 10.8 Å². The highest BCUT2D eigenvalue weighted by molar-refractivity contribution is 7.16. The topological polar surface area (TPSA) is 64.3 Å². The third kappa shape index (κ3) is 2.02.